The van der Waals surface area contributed by atoms with Gasteiger partial charge in [0, 0.05) is 18.8 Å². The van der Waals surface area contributed by atoms with Crippen LogP contribution in [-0.2, 0) is 9.59 Å². The maximum atomic E-state index is 12.6. The first-order chi connectivity index (χ1) is 9.91. The maximum absolute atomic E-state index is 12.6. The van der Waals surface area contributed by atoms with E-state index < -0.39 is 6.26 Å². The highest BCUT2D eigenvalue weighted by molar-refractivity contribution is 5.81. The number of hydrogen-bond donors (Lipinski definition) is 0. The summed E-state index contributed by atoms with van der Waals surface area (Å²) >= 11 is 0. The Kier molecular flexibility index (Phi) is 8.21. The van der Waals surface area contributed by atoms with Crippen molar-refractivity contribution in [1.29, 1.82) is 0 Å². The average molecular weight is 298 g/mol. The van der Waals surface area contributed by atoms with Gasteiger partial charge in [0.15, 0.2) is 0 Å². The molecule has 0 aromatic rings. The molecule has 0 aliphatic heterocycles. The van der Waals surface area contributed by atoms with Gasteiger partial charge in [-0.15, -0.1) is 0 Å². The van der Waals surface area contributed by atoms with Gasteiger partial charge in [-0.3, -0.25) is 4.79 Å². The first-order valence-corrected chi connectivity index (χ1v) is 8.43. The van der Waals surface area contributed by atoms with Gasteiger partial charge in [0.25, 0.3) is 0 Å². The molecule has 0 saturated carbocycles. The van der Waals surface area contributed by atoms with Crippen molar-refractivity contribution in [1.82, 2.24) is 0 Å². The maximum Gasteiger partial charge on any atom is 0.136 e. The Bertz CT molecular complexity index is 331. The van der Waals surface area contributed by atoms with E-state index in [1.54, 1.807) is 0 Å². The normalized spacial score (nSPS) is 13.4. The predicted molar refractivity (Wildman–Crippen MR) is 90.4 cm³/mol. The lowest BCUT2D eigenvalue weighted by Gasteiger charge is -2.30. The summed E-state index contributed by atoms with van der Waals surface area (Å²) in [5.74, 6) is 0.566. The Morgan fingerprint density at radius 1 is 0.952 bits per heavy atom. The number of ketones is 1. The summed E-state index contributed by atoms with van der Waals surface area (Å²) in [5.41, 5.74) is 0.361. The van der Waals surface area contributed by atoms with Gasteiger partial charge in [0.05, 0.1) is 0 Å². The van der Waals surface area contributed by atoms with E-state index in [0.717, 1.165) is 38.5 Å². The molecule has 0 rings (SSSR count). The zero-order valence-corrected chi connectivity index (χ0v) is 15.1. The molecule has 0 amide bonds. The average Bonchev–Trinajstić information content (AvgIpc) is 2.28. The van der Waals surface area contributed by atoms with Crippen LogP contribution in [0.15, 0.2) is 0 Å². The first-order valence-electron chi connectivity index (χ1n) is 8.93. The number of carbonyl (C=O) groups excluding carboxylic acids is 2. The molecule has 0 heterocycles. The van der Waals surface area contributed by atoms with Crippen LogP contribution in [0.2, 0.25) is 0 Å². The third-order valence-electron chi connectivity index (χ3n) is 3.62. The van der Waals surface area contributed by atoms with Gasteiger partial charge in [-0.1, -0.05) is 54.4 Å². The molecule has 0 radical (unpaired) electrons. The molecule has 2 heteroatoms. The monoisotopic (exact) mass is 297 g/mol. The fourth-order valence-corrected chi connectivity index (χ4v) is 2.83. The summed E-state index contributed by atoms with van der Waals surface area (Å²) in [7, 11) is 0. The molecule has 0 aromatic heterocycles. The number of Topliss-reactive ketones (excluding diaryl/α,β-unsaturated/α-hetero) is 1. The van der Waals surface area contributed by atoms with Gasteiger partial charge >= 0.3 is 0 Å². The standard InChI is InChI=1S/C19H36O2/c1-18(2,3)14-16(15-19(4,5)6)17(21)12-10-8-7-9-11-13-20/h13,16H,7-12,14-15H2,1-6H3/i13D. The van der Waals surface area contributed by atoms with Gasteiger partial charge in [-0.2, -0.15) is 0 Å². The quantitative estimate of drug-likeness (QED) is 0.389. The second-order valence-corrected chi connectivity index (χ2v) is 8.75. The summed E-state index contributed by atoms with van der Waals surface area (Å²) in [6, 6.07) is 0. The van der Waals surface area contributed by atoms with Crippen molar-refractivity contribution < 1.29 is 11.0 Å². The van der Waals surface area contributed by atoms with Gasteiger partial charge < -0.3 is 4.79 Å². The number of aldehydes is 1. The Morgan fingerprint density at radius 2 is 1.43 bits per heavy atom. The van der Waals surface area contributed by atoms with Gasteiger partial charge in [0.2, 0.25) is 0 Å². The first kappa shape index (κ1) is 18.4. The largest absolute Gasteiger partial charge is 0.303 e. The lowest BCUT2D eigenvalue weighted by Crippen LogP contribution is -2.25. The van der Waals surface area contributed by atoms with Crippen LogP contribution in [0, 0.1) is 16.7 Å². The highest BCUT2D eigenvalue weighted by atomic mass is 16.1. The summed E-state index contributed by atoms with van der Waals surface area (Å²) in [5, 5.41) is 0. The van der Waals surface area contributed by atoms with E-state index in [9.17, 15) is 9.59 Å². The molecule has 0 aromatic carbocycles. The SMILES string of the molecule is [2H]C(=O)CCCCCCC(=O)C(CC(C)(C)C)CC(C)(C)C. The van der Waals surface area contributed by atoms with Crippen molar-refractivity contribution in [3.8, 4) is 0 Å². The fraction of sp³-hybridized carbons (Fsp3) is 0.895. The molecule has 0 fully saturated rings. The Hall–Kier alpha value is -0.660. The van der Waals surface area contributed by atoms with E-state index in [1.807, 2.05) is 0 Å². The van der Waals surface area contributed by atoms with Crippen LogP contribution in [0.25, 0.3) is 0 Å². The van der Waals surface area contributed by atoms with Crippen LogP contribution in [0.4, 0.5) is 0 Å². The molecule has 0 spiro atoms. The summed E-state index contributed by atoms with van der Waals surface area (Å²) in [4.78, 5) is 23.1. The van der Waals surface area contributed by atoms with E-state index >= 15 is 0 Å². The van der Waals surface area contributed by atoms with E-state index in [1.165, 1.54) is 0 Å². The minimum Gasteiger partial charge on any atom is -0.303 e. The third kappa shape index (κ3) is 12.8. The summed E-state index contributed by atoms with van der Waals surface area (Å²) in [6.45, 7) is 13.2. The number of unbranched alkanes of at least 4 members (excludes halogenated alkanes) is 3. The molecule has 0 atom stereocenters. The number of hydrogen-bond acceptors (Lipinski definition) is 2. The molecular weight excluding hydrogens is 260 g/mol. The summed E-state index contributed by atoms with van der Waals surface area (Å²) < 4.78 is 6.86. The highest BCUT2D eigenvalue weighted by Crippen LogP contribution is 2.34. The Morgan fingerprint density at radius 3 is 1.86 bits per heavy atom. The predicted octanol–water partition coefficient (Wildman–Crippen LogP) is 5.58. The molecular formula is C19H36O2. The molecule has 0 unspecified atom stereocenters. The Labute approximate surface area is 133 Å². The van der Waals surface area contributed by atoms with Gasteiger partial charge in [-0.05, 0) is 36.5 Å². The lowest BCUT2D eigenvalue weighted by atomic mass is 9.74. The van der Waals surface area contributed by atoms with Crippen LogP contribution >= 0.6 is 0 Å². The summed E-state index contributed by atoms with van der Waals surface area (Å²) in [6.07, 6.45) is 6.06. The van der Waals surface area contributed by atoms with Crippen LogP contribution in [0.3, 0.4) is 0 Å². The molecule has 124 valence electrons. The van der Waals surface area contributed by atoms with Crippen molar-refractivity contribution in [2.24, 2.45) is 16.7 Å². The zero-order chi connectivity index (χ0) is 17.4. The smallest absolute Gasteiger partial charge is 0.136 e. The van der Waals surface area contributed by atoms with Gasteiger partial charge in [-0.25, -0.2) is 0 Å². The van der Waals surface area contributed by atoms with Crippen molar-refractivity contribution in [2.75, 3.05) is 0 Å². The van der Waals surface area contributed by atoms with E-state index in [-0.39, 0.29) is 16.7 Å². The van der Waals surface area contributed by atoms with Crippen molar-refractivity contribution in [2.45, 2.75) is 92.9 Å². The molecule has 0 aliphatic carbocycles. The minimum absolute atomic E-state index is 0.162. The molecule has 0 saturated heterocycles. The molecule has 2 nitrogen and oxygen atoms in total. The minimum atomic E-state index is -0.480. The topological polar surface area (TPSA) is 34.1 Å². The van der Waals surface area contributed by atoms with Crippen LogP contribution < -0.4 is 0 Å². The lowest BCUT2D eigenvalue weighted by molar-refractivity contribution is -0.125. The number of rotatable bonds is 10. The van der Waals surface area contributed by atoms with E-state index in [2.05, 4.69) is 41.5 Å². The van der Waals surface area contributed by atoms with Crippen LogP contribution in [-0.4, -0.2) is 12.0 Å². The molecule has 0 N–H and O–H groups in total. The van der Waals surface area contributed by atoms with Crippen LogP contribution in [0.5, 0.6) is 0 Å². The van der Waals surface area contributed by atoms with Crippen molar-refractivity contribution >= 4 is 12.0 Å². The molecule has 0 bridgehead atoms. The van der Waals surface area contributed by atoms with E-state index in [4.69, 9.17) is 1.37 Å². The molecule has 21 heavy (non-hydrogen) atoms. The molecule has 0 aliphatic rings. The Balaban J connectivity index is 4.25. The second kappa shape index (κ2) is 9.38. The fourth-order valence-electron chi connectivity index (χ4n) is 2.83. The highest BCUT2D eigenvalue weighted by Gasteiger charge is 2.28. The third-order valence-corrected chi connectivity index (χ3v) is 3.62. The second-order valence-electron chi connectivity index (χ2n) is 8.75. The van der Waals surface area contributed by atoms with Gasteiger partial charge in [0.1, 0.15) is 13.4 Å². The number of carbonyl (C=O) groups is 2. The van der Waals surface area contributed by atoms with Crippen molar-refractivity contribution in [3.63, 3.8) is 0 Å². The van der Waals surface area contributed by atoms with E-state index in [0.29, 0.717) is 18.6 Å². The van der Waals surface area contributed by atoms with Crippen LogP contribution in [0.1, 0.15) is 94.3 Å². The van der Waals surface area contributed by atoms with Crippen molar-refractivity contribution in [3.05, 3.63) is 0 Å². The zero-order valence-electron chi connectivity index (χ0n) is 16.1.